The van der Waals surface area contributed by atoms with Crippen molar-refractivity contribution in [1.29, 1.82) is 0 Å². The van der Waals surface area contributed by atoms with Gasteiger partial charge in [0.25, 0.3) is 5.56 Å². The molecule has 9 heteroatoms. The molecule has 0 saturated carbocycles. The summed E-state index contributed by atoms with van der Waals surface area (Å²) in [5, 5.41) is 14.0. The van der Waals surface area contributed by atoms with Gasteiger partial charge in [0.05, 0.1) is 12.5 Å². The van der Waals surface area contributed by atoms with Gasteiger partial charge in [0.1, 0.15) is 18.0 Å². The van der Waals surface area contributed by atoms with Gasteiger partial charge in [0.2, 0.25) is 11.8 Å². The lowest BCUT2D eigenvalue weighted by molar-refractivity contribution is -0.139. The number of aliphatic carboxylic acids is 1. The summed E-state index contributed by atoms with van der Waals surface area (Å²) in [6.07, 6.45) is 0.771. The lowest BCUT2D eigenvalue weighted by Crippen LogP contribution is -2.44. The number of carboxylic acid groups (broad SMARTS) is 1. The predicted octanol–water partition coefficient (Wildman–Crippen LogP) is 2.73. The van der Waals surface area contributed by atoms with Crippen LogP contribution in [0.4, 0.5) is 5.69 Å². The number of carboxylic acids is 1. The highest BCUT2D eigenvalue weighted by molar-refractivity contribution is 5.91. The number of pyridine rings is 1. The Balaban J connectivity index is 1.87. The molecule has 1 aromatic heterocycles. The summed E-state index contributed by atoms with van der Waals surface area (Å²) in [6, 6.07) is 19.7. The van der Waals surface area contributed by atoms with Gasteiger partial charge in [0.15, 0.2) is 0 Å². The Bertz CT molecular complexity index is 1300. The van der Waals surface area contributed by atoms with E-state index in [1.165, 1.54) is 17.6 Å². The Labute approximate surface area is 214 Å². The summed E-state index contributed by atoms with van der Waals surface area (Å²) in [4.78, 5) is 61.2. The maximum absolute atomic E-state index is 13.5. The van der Waals surface area contributed by atoms with Crippen LogP contribution in [-0.4, -0.2) is 39.8 Å². The third kappa shape index (κ3) is 7.73. The van der Waals surface area contributed by atoms with Crippen LogP contribution in [0.25, 0.3) is 0 Å². The smallest absolute Gasteiger partial charge is 0.305 e. The molecule has 2 amide bonds. The van der Waals surface area contributed by atoms with Crippen LogP contribution in [0, 0.1) is 0 Å². The number of nitrogens with one attached hydrogen (secondary N) is 2. The number of amides is 2. The fourth-order valence-electron chi connectivity index (χ4n) is 3.92. The van der Waals surface area contributed by atoms with Gasteiger partial charge >= 0.3 is 5.97 Å². The summed E-state index contributed by atoms with van der Waals surface area (Å²) in [5.41, 5.74) is 1.85. The largest absolute Gasteiger partial charge is 0.481 e. The molecule has 3 N–H and O–H groups in total. The zero-order valence-corrected chi connectivity index (χ0v) is 20.4. The number of anilines is 1. The first kappa shape index (κ1) is 27.1. The molecule has 3 aromatic rings. The zero-order chi connectivity index (χ0) is 26.8. The van der Waals surface area contributed by atoms with E-state index in [9.17, 15) is 24.0 Å². The average molecular weight is 504 g/mol. The fourth-order valence-corrected chi connectivity index (χ4v) is 3.92. The summed E-state index contributed by atoms with van der Waals surface area (Å²) in [6.45, 7) is 1.48. The summed E-state index contributed by atoms with van der Waals surface area (Å²) < 4.78 is 1.26. The molecule has 0 radical (unpaired) electrons. The minimum atomic E-state index is -1.24. The van der Waals surface area contributed by atoms with E-state index in [-0.39, 0.29) is 18.0 Å². The minimum absolute atomic E-state index is 0.0204. The molecule has 2 atom stereocenters. The maximum Gasteiger partial charge on any atom is 0.305 e. The molecule has 0 aliphatic rings. The van der Waals surface area contributed by atoms with Crippen molar-refractivity contribution in [1.82, 2.24) is 9.88 Å². The summed E-state index contributed by atoms with van der Waals surface area (Å²) >= 11 is 0. The number of hydrogen-bond donors (Lipinski definition) is 3. The number of aromatic nitrogens is 1. The van der Waals surface area contributed by atoms with Crippen molar-refractivity contribution in [2.24, 2.45) is 0 Å². The minimum Gasteiger partial charge on any atom is -0.481 e. The molecular formula is C28H29N3O6. The zero-order valence-electron chi connectivity index (χ0n) is 20.4. The van der Waals surface area contributed by atoms with Crippen molar-refractivity contribution in [3.63, 3.8) is 0 Å². The van der Waals surface area contributed by atoms with Crippen molar-refractivity contribution in [2.75, 3.05) is 5.32 Å². The van der Waals surface area contributed by atoms with E-state index < -0.39 is 35.9 Å². The van der Waals surface area contributed by atoms with Gasteiger partial charge in [-0.05, 0) is 36.6 Å². The first-order valence-corrected chi connectivity index (χ1v) is 11.9. The number of nitrogens with zero attached hydrogens (tertiary/aromatic N) is 1. The van der Waals surface area contributed by atoms with Gasteiger partial charge in [-0.2, -0.15) is 0 Å². The predicted molar refractivity (Wildman–Crippen MR) is 138 cm³/mol. The van der Waals surface area contributed by atoms with Crippen molar-refractivity contribution in [2.45, 2.75) is 44.7 Å². The SMILES string of the molecule is CC(C(=O)NC(C=O)CC(=O)O)n1c(Cc2ccccc2)ccc(NC(=O)CCc2ccccc2)c1=O. The van der Waals surface area contributed by atoms with Crippen LogP contribution < -0.4 is 16.2 Å². The number of hydrogen-bond acceptors (Lipinski definition) is 5. The van der Waals surface area contributed by atoms with Gasteiger partial charge < -0.3 is 20.5 Å². The summed E-state index contributed by atoms with van der Waals surface area (Å²) in [5.74, 6) is -2.28. The van der Waals surface area contributed by atoms with Crippen molar-refractivity contribution >= 4 is 29.8 Å². The van der Waals surface area contributed by atoms with Crippen LogP contribution in [0.15, 0.2) is 77.6 Å². The van der Waals surface area contributed by atoms with Crippen molar-refractivity contribution < 1.29 is 24.3 Å². The lowest BCUT2D eigenvalue weighted by Gasteiger charge is -2.22. The first-order chi connectivity index (χ1) is 17.8. The number of rotatable bonds is 12. The third-order valence-corrected chi connectivity index (χ3v) is 5.84. The first-order valence-electron chi connectivity index (χ1n) is 11.9. The Morgan fingerprint density at radius 2 is 1.57 bits per heavy atom. The van der Waals surface area contributed by atoms with Gasteiger partial charge in [-0.25, -0.2) is 0 Å². The molecule has 0 aliphatic carbocycles. The molecule has 3 rings (SSSR count). The molecule has 0 fully saturated rings. The monoisotopic (exact) mass is 503 g/mol. The molecular weight excluding hydrogens is 474 g/mol. The van der Waals surface area contributed by atoms with E-state index in [2.05, 4.69) is 10.6 Å². The van der Waals surface area contributed by atoms with Gasteiger partial charge in [-0.3, -0.25) is 23.7 Å². The van der Waals surface area contributed by atoms with E-state index in [4.69, 9.17) is 5.11 Å². The molecule has 192 valence electrons. The average Bonchev–Trinajstić information content (AvgIpc) is 2.89. The highest BCUT2D eigenvalue weighted by Crippen LogP contribution is 2.16. The number of carbonyl (C=O) groups excluding carboxylic acids is 3. The van der Waals surface area contributed by atoms with Crippen LogP contribution in [0.3, 0.4) is 0 Å². The van der Waals surface area contributed by atoms with E-state index >= 15 is 0 Å². The van der Waals surface area contributed by atoms with Crippen LogP contribution in [0.2, 0.25) is 0 Å². The molecule has 0 spiro atoms. The number of aldehydes is 1. The summed E-state index contributed by atoms with van der Waals surface area (Å²) in [7, 11) is 0. The highest BCUT2D eigenvalue weighted by atomic mass is 16.4. The number of benzene rings is 2. The normalized spacial score (nSPS) is 12.2. The second-order valence-electron chi connectivity index (χ2n) is 8.63. The molecule has 0 aliphatic heterocycles. The maximum atomic E-state index is 13.5. The molecule has 2 aromatic carbocycles. The van der Waals surface area contributed by atoms with Gasteiger partial charge in [-0.15, -0.1) is 0 Å². The molecule has 1 heterocycles. The molecule has 2 unspecified atom stereocenters. The number of aryl methyl sites for hydroxylation is 1. The van der Waals surface area contributed by atoms with E-state index in [0.717, 1.165) is 11.1 Å². The van der Waals surface area contributed by atoms with Crippen LogP contribution in [0.1, 0.15) is 42.6 Å². The Hall–Kier alpha value is -4.53. The Kier molecular flexibility index (Phi) is 9.48. The van der Waals surface area contributed by atoms with Gasteiger partial charge in [-0.1, -0.05) is 60.7 Å². The lowest BCUT2D eigenvalue weighted by atomic mass is 10.1. The number of carbonyl (C=O) groups is 4. The third-order valence-electron chi connectivity index (χ3n) is 5.84. The van der Waals surface area contributed by atoms with Crippen LogP contribution in [0.5, 0.6) is 0 Å². The van der Waals surface area contributed by atoms with Gasteiger partial charge in [0, 0.05) is 18.5 Å². The van der Waals surface area contributed by atoms with Crippen LogP contribution >= 0.6 is 0 Å². The quantitative estimate of drug-likeness (QED) is 0.325. The van der Waals surface area contributed by atoms with E-state index in [1.807, 2.05) is 60.7 Å². The second-order valence-corrected chi connectivity index (χ2v) is 8.63. The highest BCUT2D eigenvalue weighted by Gasteiger charge is 2.24. The Morgan fingerprint density at radius 1 is 0.946 bits per heavy atom. The molecule has 0 bridgehead atoms. The van der Waals surface area contributed by atoms with E-state index in [0.29, 0.717) is 24.8 Å². The van der Waals surface area contributed by atoms with Crippen molar-refractivity contribution in [3.05, 3.63) is 100.0 Å². The molecule has 0 saturated heterocycles. The standard InChI is InChI=1S/C28H29N3O6/c1-19(27(36)29-22(18-32)17-26(34)35)31-23(16-21-10-6-3-7-11-21)13-14-24(28(31)37)30-25(33)15-12-20-8-4-2-5-9-20/h2-11,13-14,18-19,22H,12,15-17H2,1H3,(H,29,36)(H,30,33)(H,34,35). The molecule has 37 heavy (non-hydrogen) atoms. The van der Waals surface area contributed by atoms with Crippen LogP contribution in [-0.2, 0) is 32.0 Å². The topological polar surface area (TPSA) is 135 Å². The van der Waals surface area contributed by atoms with E-state index in [1.54, 1.807) is 6.07 Å². The second kappa shape index (κ2) is 13.0. The van der Waals surface area contributed by atoms with Crippen molar-refractivity contribution in [3.8, 4) is 0 Å². The fraction of sp³-hybridized carbons (Fsp3) is 0.250. The Morgan fingerprint density at radius 3 is 2.16 bits per heavy atom. The molecule has 9 nitrogen and oxygen atoms in total.